The van der Waals surface area contributed by atoms with Crippen LogP contribution in [0.2, 0.25) is 0 Å². The molecule has 0 aromatic carbocycles. The first kappa shape index (κ1) is 14.7. The first-order valence-electron chi connectivity index (χ1n) is 6.35. The van der Waals surface area contributed by atoms with E-state index in [-0.39, 0.29) is 30.5 Å². The van der Waals surface area contributed by atoms with Crippen LogP contribution in [-0.2, 0) is 9.53 Å². The first-order chi connectivity index (χ1) is 7.70. The van der Waals surface area contributed by atoms with E-state index >= 15 is 0 Å². The normalized spacial score (nSPS) is 30.1. The van der Waals surface area contributed by atoms with Crippen molar-refractivity contribution in [3.63, 3.8) is 0 Å². The van der Waals surface area contributed by atoms with Crippen LogP contribution >= 0.6 is 12.4 Å². The van der Waals surface area contributed by atoms with Crippen molar-refractivity contribution in [1.29, 1.82) is 0 Å². The molecule has 0 radical (unpaired) electrons. The molecule has 2 rings (SSSR count). The summed E-state index contributed by atoms with van der Waals surface area (Å²) in [7, 11) is 0. The zero-order valence-electron chi connectivity index (χ0n) is 10.4. The van der Waals surface area contributed by atoms with E-state index in [1.807, 2.05) is 4.90 Å². The summed E-state index contributed by atoms with van der Waals surface area (Å²) >= 11 is 0. The van der Waals surface area contributed by atoms with Gasteiger partial charge in [0.1, 0.15) is 6.10 Å². The number of halogens is 1. The minimum atomic E-state index is -0.220. The molecule has 0 bridgehead atoms. The van der Waals surface area contributed by atoms with E-state index in [0.717, 1.165) is 44.7 Å². The van der Waals surface area contributed by atoms with E-state index in [1.54, 1.807) is 0 Å². The predicted octanol–water partition coefficient (Wildman–Crippen LogP) is 1.17. The van der Waals surface area contributed by atoms with Crippen LogP contribution < -0.4 is 5.73 Å². The summed E-state index contributed by atoms with van der Waals surface area (Å²) in [6, 6.07) is 0. The highest BCUT2D eigenvalue weighted by Gasteiger charge is 2.33. The lowest BCUT2D eigenvalue weighted by Gasteiger charge is -2.32. The smallest absolute Gasteiger partial charge is 0.251 e. The van der Waals surface area contributed by atoms with Crippen LogP contribution in [0.15, 0.2) is 0 Å². The van der Waals surface area contributed by atoms with Gasteiger partial charge < -0.3 is 15.4 Å². The Morgan fingerprint density at radius 3 is 2.47 bits per heavy atom. The molecule has 2 aliphatic heterocycles. The first-order valence-corrected chi connectivity index (χ1v) is 6.35. The minimum absolute atomic E-state index is 0. The highest BCUT2D eigenvalue weighted by atomic mass is 35.5. The Morgan fingerprint density at radius 1 is 1.29 bits per heavy atom. The SMILES string of the molecule is CC1CCN(C(=O)[C@@H]2CC[C@H](CN)O2)CC1.Cl. The molecule has 2 fully saturated rings. The number of nitrogens with zero attached hydrogens (tertiary/aromatic N) is 1. The van der Waals surface area contributed by atoms with Gasteiger partial charge in [0.15, 0.2) is 0 Å². The van der Waals surface area contributed by atoms with Gasteiger partial charge in [-0.05, 0) is 31.6 Å². The molecule has 4 nitrogen and oxygen atoms in total. The molecule has 0 aromatic heterocycles. The number of amides is 1. The molecule has 1 amide bonds. The number of piperidine rings is 1. The van der Waals surface area contributed by atoms with Crippen LogP contribution in [0.3, 0.4) is 0 Å². The molecular weight excluding hydrogens is 240 g/mol. The van der Waals surface area contributed by atoms with Gasteiger partial charge >= 0.3 is 0 Å². The van der Waals surface area contributed by atoms with E-state index in [2.05, 4.69) is 6.92 Å². The molecule has 0 unspecified atom stereocenters. The molecule has 0 aromatic rings. The van der Waals surface area contributed by atoms with Crippen molar-refractivity contribution in [2.24, 2.45) is 11.7 Å². The Kier molecular flexibility index (Phi) is 5.70. The number of ether oxygens (including phenoxy) is 1. The fourth-order valence-corrected chi connectivity index (χ4v) is 2.49. The van der Waals surface area contributed by atoms with Gasteiger partial charge in [-0.15, -0.1) is 12.4 Å². The number of hydrogen-bond acceptors (Lipinski definition) is 3. The third-order valence-corrected chi connectivity index (χ3v) is 3.74. The van der Waals surface area contributed by atoms with Gasteiger partial charge in [0.2, 0.25) is 0 Å². The molecule has 2 aliphatic rings. The lowest BCUT2D eigenvalue weighted by atomic mass is 9.99. The fraction of sp³-hybridized carbons (Fsp3) is 0.917. The fourth-order valence-electron chi connectivity index (χ4n) is 2.49. The van der Waals surface area contributed by atoms with E-state index in [4.69, 9.17) is 10.5 Å². The molecule has 100 valence electrons. The highest BCUT2D eigenvalue weighted by Crippen LogP contribution is 2.23. The standard InChI is InChI=1S/C12H22N2O2.ClH/c1-9-4-6-14(7-5-9)12(15)11-3-2-10(8-13)16-11;/h9-11H,2-8,13H2,1H3;1H/t10-,11+;/m1./s1. The summed E-state index contributed by atoms with van der Waals surface area (Å²) in [4.78, 5) is 14.1. The summed E-state index contributed by atoms with van der Waals surface area (Å²) in [5.74, 6) is 0.938. The maximum atomic E-state index is 12.1. The third kappa shape index (κ3) is 3.57. The molecule has 0 saturated carbocycles. The molecule has 2 N–H and O–H groups in total. The van der Waals surface area contributed by atoms with E-state index in [1.165, 1.54) is 0 Å². The number of rotatable bonds is 2. The Morgan fingerprint density at radius 2 is 1.94 bits per heavy atom. The van der Waals surface area contributed by atoms with Crippen LogP contribution in [0.4, 0.5) is 0 Å². The van der Waals surface area contributed by atoms with Gasteiger partial charge in [0, 0.05) is 19.6 Å². The van der Waals surface area contributed by atoms with Crippen LogP contribution in [0.1, 0.15) is 32.6 Å². The zero-order valence-corrected chi connectivity index (χ0v) is 11.2. The van der Waals surface area contributed by atoms with Crippen molar-refractivity contribution in [1.82, 2.24) is 4.90 Å². The summed E-state index contributed by atoms with van der Waals surface area (Å²) in [6.45, 7) is 4.57. The quantitative estimate of drug-likeness (QED) is 0.813. The maximum absolute atomic E-state index is 12.1. The van der Waals surface area contributed by atoms with Gasteiger partial charge in [0.05, 0.1) is 6.10 Å². The molecule has 5 heteroatoms. The average molecular weight is 263 g/mol. The molecule has 2 atom stereocenters. The van der Waals surface area contributed by atoms with Crippen LogP contribution in [0.5, 0.6) is 0 Å². The van der Waals surface area contributed by atoms with Crippen molar-refractivity contribution >= 4 is 18.3 Å². The van der Waals surface area contributed by atoms with Crippen molar-refractivity contribution < 1.29 is 9.53 Å². The molecule has 17 heavy (non-hydrogen) atoms. The number of likely N-dealkylation sites (tertiary alicyclic amines) is 1. The van der Waals surface area contributed by atoms with E-state index in [0.29, 0.717) is 6.54 Å². The highest BCUT2D eigenvalue weighted by molar-refractivity contribution is 5.85. The van der Waals surface area contributed by atoms with Crippen molar-refractivity contribution in [3.8, 4) is 0 Å². The summed E-state index contributed by atoms with van der Waals surface area (Å²) in [5.41, 5.74) is 5.54. The van der Waals surface area contributed by atoms with Gasteiger partial charge in [0.25, 0.3) is 5.91 Å². The molecule has 2 saturated heterocycles. The number of hydrogen-bond donors (Lipinski definition) is 1. The zero-order chi connectivity index (χ0) is 11.5. The Bertz CT molecular complexity index is 251. The van der Waals surface area contributed by atoms with Gasteiger partial charge in [-0.25, -0.2) is 0 Å². The lowest BCUT2D eigenvalue weighted by Crippen LogP contribution is -2.43. The predicted molar refractivity (Wildman–Crippen MR) is 69.2 cm³/mol. The second kappa shape index (κ2) is 6.57. The van der Waals surface area contributed by atoms with Crippen LogP contribution in [-0.4, -0.2) is 42.6 Å². The van der Waals surface area contributed by atoms with Crippen molar-refractivity contribution in [2.45, 2.75) is 44.8 Å². The third-order valence-electron chi connectivity index (χ3n) is 3.74. The molecule has 0 aliphatic carbocycles. The minimum Gasteiger partial charge on any atom is -0.364 e. The second-order valence-electron chi connectivity index (χ2n) is 5.07. The van der Waals surface area contributed by atoms with Crippen molar-refractivity contribution in [3.05, 3.63) is 0 Å². The maximum Gasteiger partial charge on any atom is 0.251 e. The van der Waals surface area contributed by atoms with Crippen molar-refractivity contribution in [2.75, 3.05) is 19.6 Å². The van der Waals surface area contributed by atoms with E-state index < -0.39 is 0 Å². The number of carbonyl (C=O) groups excluding carboxylic acids is 1. The van der Waals surface area contributed by atoms with Gasteiger partial charge in [-0.1, -0.05) is 6.92 Å². The molecule has 0 spiro atoms. The summed E-state index contributed by atoms with van der Waals surface area (Å²) in [6.07, 6.45) is 3.89. The Hall–Kier alpha value is -0.320. The van der Waals surface area contributed by atoms with Crippen LogP contribution in [0, 0.1) is 5.92 Å². The Balaban J connectivity index is 0.00000144. The largest absolute Gasteiger partial charge is 0.364 e. The van der Waals surface area contributed by atoms with Gasteiger partial charge in [-0.2, -0.15) is 0 Å². The van der Waals surface area contributed by atoms with Gasteiger partial charge in [-0.3, -0.25) is 4.79 Å². The second-order valence-corrected chi connectivity index (χ2v) is 5.07. The topological polar surface area (TPSA) is 55.6 Å². The summed E-state index contributed by atoms with van der Waals surface area (Å²) in [5, 5.41) is 0. The molecular formula is C12H23ClN2O2. The Labute approximate surface area is 109 Å². The molecule has 2 heterocycles. The van der Waals surface area contributed by atoms with E-state index in [9.17, 15) is 4.79 Å². The summed E-state index contributed by atoms with van der Waals surface area (Å²) < 4.78 is 5.64. The number of carbonyl (C=O) groups is 1. The lowest BCUT2D eigenvalue weighted by molar-refractivity contribution is -0.144. The monoisotopic (exact) mass is 262 g/mol. The average Bonchev–Trinajstić information content (AvgIpc) is 2.77. The number of nitrogens with two attached hydrogens (primary N) is 1. The van der Waals surface area contributed by atoms with Crippen LogP contribution in [0.25, 0.3) is 0 Å².